The minimum Gasteiger partial charge on any atom is -0.351 e. The van der Waals surface area contributed by atoms with Gasteiger partial charge in [0.1, 0.15) is 6.54 Å². The summed E-state index contributed by atoms with van der Waals surface area (Å²) in [6.07, 6.45) is 9.61. The molecule has 5 heteroatoms. The largest absolute Gasteiger partial charge is 0.351 e. The first-order chi connectivity index (χ1) is 8.72. The van der Waals surface area contributed by atoms with Crippen LogP contribution in [0, 0.1) is 11.8 Å². The van der Waals surface area contributed by atoms with Crippen molar-refractivity contribution in [1.29, 1.82) is 0 Å². The van der Waals surface area contributed by atoms with Crippen LogP contribution >= 0.6 is 11.6 Å². The first kappa shape index (κ1) is 12.0. The first-order valence-corrected chi connectivity index (χ1v) is 7.07. The highest BCUT2D eigenvalue weighted by atomic mass is 35.5. The molecule has 0 unspecified atom stereocenters. The van der Waals surface area contributed by atoms with Gasteiger partial charge in [-0.05, 0) is 31.1 Å². The normalized spacial score (nSPS) is 30.4. The summed E-state index contributed by atoms with van der Waals surface area (Å²) in [5.41, 5.74) is 0. The Hall–Kier alpha value is -1.03. The number of hydrogen-bond acceptors (Lipinski definition) is 2. The summed E-state index contributed by atoms with van der Waals surface area (Å²) in [5.74, 6) is 1.62. The zero-order valence-electron chi connectivity index (χ0n) is 10.3. The lowest BCUT2D eigenvalue weighted by Crippen LogP contribution is -2.39. The topological polar surface area (TPSA) is 46.9 Å². The molecule has 2 fully saturated rings. The first-order valence-electron chi connectivity index (χ1n) is 6.69. The van der Waals surface area contributed by atoms with Gasteiger partial charge in [-0.15, -0.1) is 0 Å². The van der Waals surface area contributed by atoms with Crippen molar-refractivity contribution in [3.63, 3.8) is 0 Å². The Morgan fingerprint density at radius 1 is 1.44 bits per heavy atom. The summed E-state index contributed by atoms with van der Waals surface area (Å²) in [4.78, 5) is 12.0. The third-order valence-electron chi connectivity index (χ3n) is 4.34. The Kier molecular flexibility index (Phi) is 3.29. The van der Waals surface area contributed by atoms with E-state index in [1.165, 1.54) is 25.7 Å². The maximum Gasteiger partial charge on any atom is 0.241 e. The number of fused-ring (bicyclic) bond motifs is 1. The Labute approximate surface area is 112 Å². The van der Waals surface area contributed by atoms with Crippen LogP contribution in [-0.2, 0) is 11.3 Å². The molecule has 0 radical (unpaired) electrons. The van der Waals surface area contributed by atoms with Crippen molar-refractivity contribution in [2.24, 2.45) is 11.8 Å². The van der Waals surface area contributed by atoms with Crippen LogP contribution in [0.2, 0.25) is 5.02 Å². The van der Waals surface area contributed by atoms with Gasteiger partial charge in [-0.1, -0.05) is 24.4 Å². The smallest absolute Gasteiger partial charge is 0.241 e. The predicted molar refractivity (Wildman–Crippen MR) is 69.2 cm³/mol. The monoisotopic (exact) mass is 267 g/mol. The maximum atomic E-state index is 12.0. The van der Waals surface area contributed by atoms with Crippen molar-refractivity contribution in [2.45, 2.75) is 44.7 Å². The number of carbonyl (C=O) groups excluding carboxylic acids is 1. The summed E-state index contributed by atoms with van der Waals surface area (Å²) in [6.45, 7) is 0.264. The van der Waals surface area contributed by atoms with Crippen LogP contribution in [0.4, 0.5) is 0 Å². The van der Waals surface area contributed by atoms with Crippen LogP contribution in [0.5, 0.6) is 0 Å². The molecule has 1 amide bonds. The Morgan fingerprint density at radius 3 is 3.11 bits per heavy atom. The van der Waals surface area contributed by atoms with Gasteiger partial charge in [-0.2, -0.15) is 5.10 Å². The Morgan fingerprint density at radius 2 is 2.33 bits per heavy atom. The van der Waals surface area contributed by atoms with Crippen molar-refractivity contribution in [1.82, 2.24) is 15.1 Å². The summed E-state index contributed by atoms with van der Waals surface area (Å²) in [5, 5.41) is 7.75. The second-order valence-corrected chi connectivity index (χ2v) is 5.90. The van der Waals surface area contributed by atoms with Gasteiger partial charge in [0, 0.05) is 12.2 Å². The molecule has 1 N–H and O–H groups in total. The average molecular weight is 268 g/mol. The number of hydrogen-bond donors (Lipinski definition) is 1. The molecule has 1 heterocycles. The fraction of sp³-hybridized carbons (Fsp3) is 0.692. The van der Waals surface area contributed by atoms with Crippen LogP contribution in [0.15, 0.2) is 12.4 Å². The van der Waals surface area contributed by atoms with Crippen LogP contribution in [0.25, 0.3) is 0 Å². The molecule has 1 aromatic rings. The number of rotatable bonds is 3. The molecule has 3 atom stereocenters. The molecule has 2 aliphatic rings. The molecule has 0 spiro atoms. The van der Waals surface area contributed by atoms with E-state index in [1.54, 1.807) is 17.1 Å². The van der Waals surface area contributed by atoms with Crippen molar-refractivity contribution in [3.05, 3.63) is 17.4 Å². The zero-order chi connectivity index (χ0) is 12.5. The maximum absolute atomic E-state index is 12.0. The van der Waals surface area contributed by atoms with E-state index in [0.717, 1.165) is 18.3 Å². The molecular formula is C13H18ClN3O. The highest BCUT2D eigenvalue weighted by Crippen LogP contribution is 2.43. The number of carbonyl (C=O) groups is 1. The Balaban J connectivity index is 1.55. The van der Waals surface area contributed by atoms with Crippen molar-refractivity contribution >= 4 is 17.5 Å². The standard InChI is InChI=1S/C13H18ClN3O/c14-10-6-15-17(7-10)8-13(18)16-12-5-4-9-2-1-3-11(9)12/h6-7,9,11-12H,1-5,8H2,(H,16,18)/t9-,11-,12-/m0/s1. The molecule has 2 aliphatic carbocycles. The molecule has 18 heavy (non-hydrogen) atoms. The molecule has 1 aromatic heterocycles. The lowest BCUT2D eigenvalue weighted by molar-refractivity contribution is -0.122. The third kappa shape index (κ3) is 2.39. The SMILES string of the molecule is O=C(Cn1cc(Cl)cn1)N[C@H]1CC[C@@H]2CCC[C@@H]21. The number of nitrogens with one attached hydrogen (secondary N) is 1. The van der Waals surface area contributed by atoms with Crippen LogP contribution < -0.4 is 5.32 Å². The van der Waals surface area contributed by atoms with Crippen LogP contribution in [0.1, 0.15) is 32.1 Å². The number of nitrogens with zero attached hydrogens (tertiary/aromatic N) is 2. The van der Waals surface area contributed by atoms with Crippen molar-refractivity contribution < 1.29 is 4.79 Å². The van der Waals surface area contributed by atoms with E-state index < -0.39 is 0 Å². The third-order valence-corrected chi connectivity index (χ3v) is 4.53. The van der Waals surface area contributed by atoms with E-state index in [1.807, 2.05) is 0 Å². The molecule has 0 aliphatic heterocycles. The predicted octanol–water partition coefficient (Wildman–Crippen LogP) is 2.23. The number of halogens is 1. The van der Waals surface area contributed by atoms with Crippen molar-refractivity contribution in [2.75, 3.05) is 0 Å². The molecule has 0 aromatic carbocycles. The van der Waals surface area contributed by atoms with E-state index in [0.29, 0.717) is 11.1 Å². The number of amides is 1. The molecule has 98 valence electrons. The van der Waals surface area contributed by atoms with Gasteiger partial charge in [0.15, 0.2) is 0 Å². The van der Waals surface area contributed by atoms with Gasteiger partial charge < -0.3 is 5.32 Å². The van der Waals surface area contributed by atoms with E-state index >= 15 is 0 Å². The molecule has 0 saturated heterocycles. The fourth-order valence-electron chi connectivity index (χ4n) is 3.56. The minimum absolute atomic E-state index is 0.0484. The van der Waals surface area contributed by atoms with E-state index in [9.17, 15) is 4.79 Å². The van der Waals surface area contributed by atoms with E-state index in [2.05, 4.69) is 10.4 Å². The second-order valence-electron chi connectivity index (χ2n) is 5.46. The van der Waals surface area contributed by atoms with Crippen LogP contribution in [0.3, 0.4) is 0 Å². The minimum atomic E-state index is 0.0484. The fourth-order valence-corrected chi connectivity index (χ4v) is 3.72. The molecule has 4 nitrogen and oxygen atoms in total. The highest BCUT2D eigenvalue weighted by molar-refractivity contribution is 6.30. The second kappa shape index (κ2) is 4.92. The summed E-state index contributed by atoms with van der Waals surface area (Å²) < 4.78 is 1.58. The summed E-state index contributed by atoms with van der Waals surface area (Å²) in [6, 6.07) is 0.385. The van der Waals surface area contributed by atoms with Gasteiger partial charge in [0.2, 0.25) is 5.91 Å². The molecule has 2 saturated carbocycles. The highest BCUT2D eigenvalue weighted by Gasteiger charge is 2.39. The number of aromatic nitrogens is 2. The van der Waals surface area contributed by atoms with Gasteiger partial charge in [0.25, 0.3) is 0 Å². The van der Waals surface area contributed by atoms with Gasteiger partial charge in [-0.3, -0.25) is 9.48 Å². The lowest BCUT2D eigenvalue weighted by Gasteiger charge is -2.19. The van der Waals surface area contributed by atoms with Gasteiger partial charge >= 0.3 is 0 Å². The molecular weight excluding hydrogens is 250 g/mol. The zero-order valence-corrected chi connectivity index (χ0v) is 11.1. The van der Waals surface area contributed by atoms with Gasteiger partial charge in [-0.25, -0.2) is 0 Å². The Bertz CT molecular complexity index is 445. The lowest BCUT2D eigenvalue weighted by atomic mass is 9.98. The van der Waals surface area contributed by atoms with Crippen molar-refractivity contribution in [3.8, 4) is 0 Å². The molecule has 0 bridgehead atoms. The van der Waals surface area contributed by atoms with E-state index in [-0.39, 0.29) is 12.5 Å². The van der Waals surface area contributed by atoms with Gasteiger partial charge in [0.05, 0.1) is 11.2 Å². The van der Waals surface area contributed by atoms with E-state index in [4.69, 9.17) is 11.6 Å². The molecule has 3 rings (SSSR count). The summed E-state index contributed by atoms with van der Waals surface area (Å²) >= 11 is 5.77. The van der Waals surface area contributed by atoms with Crippen LogP contribution in [-0.4, -0.2) is 21.7 Å². The average Bonchev–Trinajstić information content (AvgIpc) is 2.98. The summed E-state index contributed by atoms with van der Waals surface area (Å²) in [7, 11) is 0. The quantitative estimate of drug-likeness (QED) is 0.913.